The van der Waals surface area contributed by atoms with Gasteiger partial charge in [0.1, 0.15) is 0 Å². The van der Waals surface area contributed by atoms with Crippen LogP contribution in [0.1, 0.15) is 36.1 Å². The second kappa shape index (κ2) is 5.61. The van der Waals surface area contributed by atoms with E-state index in [1.165, 1.54) is 6.92 Å². The largest absolute Gasteiger partial charge is 0.416 e. The van der Waals surface area contributed by atoms with Gasteiger partial charge < -0.3 is 10.8 Å². The first-order valence-corrected chi connectivity index (χ1v) is 5.70. The Morgan fingerprint density at radius 1 is 1.10 bits per heavy atom. The van der Waals surface area contributed by atoms with Crippen molar-refractivity contribution in [2.75, 3.05) is 0 Å². The normalized spacial score (nSPS) is 16.1. The van der Waals surface area contributed by atoms with Gasteiger partial charge >= 0.3 is 12.4 Å². The van der Waals surface area contributed by atoms with Crippen LogP contribution in [-0.4, -0.2) is 11.2 Å². The summed E-state index contributed by atoms with van der Waals surface area (Å²) < 4.78 is 75.9. The minimum atomic E-state index is -4.98. The van der Waals surface area contributed by atoms with Gasteiger partial charge in [0.15, 0.2) is 0 Å². The lowest BCUT2D eigenvalue weighted by Crippen LogP contribution is -2.28. The zero-order chi connectivity index (χ0) is 15.7. The van der Waals surface area contributed by atoms with Gasteiger partial charge in [0.25, 0.3) is 0 Å². The zero-order valence-electron chi connectivity index (χ0n) is 10.4. The number of aliphatic hydroxyl groups excluding tert-OH is 1. The molecule has 1 aromatic rings. The van der Waals surface area contributed by atoms with Crippen LogP contribution < -0.4 is 5.73 Å². The molecule has 1 aromatic carbocycles. The number of benzene rings is 1. The smallest absolute Gasteiger partial charge is 0.391 e. The van der Waals surface area contributed by atoms with Crippen molar-refractivity contribution in [3.63, 3.8) is 0 Å². The van der Waals surface area contributed by atoms with Gasteiger partial charge in [-0.05, 0) is 24.1 Å². The van der Waals surface area contributed by atoms with E-state index in [2.05, 4.69) is 0 Å². The van der Waals surface area contributed by atoms with E-state index in [0.717, 1.165) is 0 Å². The Bertz CT molecular complexity index is 468. The van der Waals surface area contributed by atoms with Crippen molar-refractivity contribution in [3.8, 4) is 0 Å². The Labute approximate surface area is 111 Å². The summed E-state index contributed by atoms with van der Waals surface area (Å²) in [6, 6.07) is -0.210. The molecule has 0 aromatic heterocycles. The molecule has 0 saturated heterocycles. The van der Waals surface area contributed by atoms with Crippen molar-refractivity contribution in [1.82, 2.24) is 0 Å². The summed E-state index contributed by atoms with van der Waals surface area (Å²) in [4.78, 5) is 0. The van der Waals surface area contributed by atoms with Gasteiger partial charge in [-0.1, -0.05) is 13.0 Å². The lowest BCUT2D eigenvalue weighted by atomic mass is 9.93. The highest BCUT2D eigenvalue weighted by molar-refractivity contribution is 5.37. The maximum atomic E-state index is 12.8. The first-order valence-electron chi connectivity index (χ1n) is 5.70. The molecule has 0 aliphatic carbocycles. The Hall–Kier alpha value is -1.28. The lowest BCUT2D eigenvalue weighted by molar-refractivity contribution is -0.143. The van der Waals surface area contributed by atoms with Crippen molar-refractivity contribution in [2.45, 2.75) is 37.8 Å². The topological polar surface area (TPSA) is 46.2 Å². The number of hydrogen-bond donors (Lipinski definition) is 2. The fraction of sp³-hybridized carbons (Fsp3) is 0.500. The molecule has 2 nitrogen and oxygen atoms in total. The number of halogens is 6. The summed E-state index contributed by atoms with van der Waals surface area (Å²) in [5.74, 6) is 0. The molecule has 114 valence electrons. The molecule has 0 fully saturated rings. The van der Waals surface area contributed by atoms with E-state index in [1.54, 1.807) is 0 Å². The fourth-order valence-electron chi connectivity index (χ4n) is 1.73. The minimum absolute atomic E-state index is 0.0115. The molecule has 2 atom stereocenters. The molecule has 0 spiro atoms. The average Bonchev–Trinajstić information content (AvgIpc) is 2.34. The molecule has 0 saturated carbocycles. The summed E-state index contributed by atoms with van der Waals surface area (Å²) in [6.07, 6.45) is -11.1. The van der Waals surface area contributed by atoms with Crippen LogP contribution in [0.2, 0.25) is 0 Å². The van der Waals surface area contributed by atoms with Gasteiger partial charge in [-0.2, -0.15) is 26.3 Å². The van der Waals surface area contributed by atoms with Crippen LogP contribution in [0, 0.1) is 0 Å². The van der Waals surface area contributed by atoms with Crippen LogP contribution in [0.15, 0.2) is 18.2 Å². The monoisotopic (exact) mass is 301 g/mol. The molecule has 0 amide bonds. The van der Waals surface area contributed by atoms with Crippen molar-refractivity contribution in [2.24, 2.45) is 5.73 Å². The number of nitrogens with two attached hydrogens (primary N) is 1. The first kappa shape index (κ1) is 16.8. The predicted molar refractivity (Wildman–Crippen MR) is 59.7 cm³/mol. The molecule has 1 rings (SSSR count). The standard InChI is InChI=1S/C12H13F6NO/c1-2-9(20)10(19)7-4-3-6(11(13,14)15)5-8(7)12(16,17)18/h3-5,9-10,20H,2,19H2,1H3/t9-,10+/m1/s1. The van der Waals surface area contributed by atoms with Crippen molar-refractivity contribution < 1.29 is 31.4 Å². The summed E-state index contributed by atoms with van der Waals surface area (Å²) in [6.45, 7) is 1.50. The third kappa shape index (κ3) is 3.63. The molecule has 0 unspecified atom stereocenters. The number of alkyl halides is 6. The lowest BCUT2D eigenvalue weighted by Gasteiger charge is -2.23. The van der Waals surface area contributed by atoms with Crippen LogP contribution in [0.5, 0.6) is 0 Å². The van der Waals surface area contributed by atoms with Gasteiger partial charge in [0.05, 0.1) is 23.3 Å². The number of aliphatic hydroxyl groups is 1. The molecule has 8 heteroatoms. The highest BCUT2D eigenvalue weighted by atomic mass is 19.4. The van der Waals surface area contributed by atoms with Gasteiger partial charge in [-0.25, -0.2) is 0 Å². The van der Waals surface area contributed by atoms with Crippen LogP contribution in [0.25, 0.3) is 0 Å². The molecule has 0 aliphatic rings. The average molecular weight is 301 g/mol. The Kier molecular flexibility index (Phi) is 4.70. The quantitative estimate of drug-likeness (QED) is 0.839. The summed E-state index contributed by atoms with van der Waals surface area (Å²) in [7, 11) is 0. The van der Waals surface area contributed by atoms with E-state index < -0.39 is 41.2 Å². The molecule has 0 radical (unpaired) electrons. The van der Waals surface area contributed by atoms with Gasteiger partial charge in [-0.15, -0.1) is 0 Å². The first-order chi connectivity index (χ1) is 8.98. The Morgan fingerprint density at radius 3 is 2.05 bits per heavy atom. The molecule has 20 heavy (non-hydrogen) atoms. The van der Waals surface area contributed by atoms with Crippen molar-refractivity contribution in [1.29, 1.82) is 0 Å². The molecular formula is C12H13F6NO. The van der Waals surface area contributed by atoms with Gasteiger partial charge in [-0.3, -0.25) is 0 Å². The van der Waals surface area contributed by atoms with E-state index >= 15 is 0 Å². The van der Waals surface area contributed by atoms with E-state index in [0.29, 0.717) is 12.1 Å². The second-order valence-electron chi connectivity index (χ2n) is 4.30. The predicted octanol–water partition coefficient (Wildman–Crippen LogP) is 3.49. The summed E-state index contributed by atoms with van der Waals surface area (Å²) in [5.41, 5.74) is 2.03. The highest BCUT2D eigenvalue weighted by Crippen LogP contribution is 2.39. The Balaban J connectivity index is 3.39. The van der Waals surface area contributed by atoms with E-state index in [4.69, 9.17) is 5.73 Å². The van der Waals surface area contributed by atoms with E-state index in [-0.39, 0.29) is 12.5 Å². The minimum Gasteiger partial charge on any atom is -0.391 e. The van der Waals surface area contributed by atoms with E-state index in [1.807, 2.05) is 0 Å². The summed E-state index contributed by atoms with van der Waals surface area (Å²) in [5, 5.41) is 9.48. The van der Waals surface area contributed by atoms with Crippen LogP contribution in [0.4, 0.5) is 26.3 Å². The summed E-state index contributed by atoms with van der Waals surface area (Å²) >= 11 is 0. The van der Waals surface area contributed by atoms with E-state index in [9.17, 15) is 31.4 Å². The zero-order valence-corrected chi connectivity index (χ0v) is 10.4. The SMILES string of the molecule is CC[C@@H](O)[C@@H](N)c1ccc(C(F)(F)F)cc1C(F)(F)F. The molecule has 3 N–H and O–H groups in total. The third-order valence-corrected chi connectivity index (χ3v) is 2.88. The molecular weight excluding hydrogens is 288 g/mol. The Morgan fingerprint density at radius 2 is 1.65 bits per heavy atom. The maximum absolute atomic E-state index is 12.8. The second-order valence-corrected chi connectivity index (χ2v) is 4.30. The molecule has 0 aliphatic heterocycles. The maximum Gasteiger partial charge on any atom is 0.416 e. The molecule has 0 heterocycles. The fourth-order valence-corrected chi connectivity index (χ4v) is 1.73. The van der Waals surface area contributed by atoms with Crippen molar-refractivity contribution in [3.05, 3.63) is 34.9 Å². The third-order valence-electron chi connectivity index (χ3n) is 2.88. The van der Waals surface area contributed by atoms with Crippen molar-refractivity contribution >= 4 is 0 Å². The number of rotatable bonds is 3. The highest BCUT2D eigenvalue weighted by Gasteiger charge is 2.39. The number of hydrogen-bond acceptors (Lipinski definition) is 2. The van der Waals surface area contributed by atoms with Crippen LogP contribution in [-0.2, 0) is 12.4 Å². The van der Waals surface area contributed by atoms with Crippen LogP contribution in [0.3, 0.4) is 0 Å². The van der Waals surface area contributed by atoms with Crippen LogP contribution >= 0.6 is 0 Å². The van der Waals surface area contributed by atoms with Gasteiger partial charge in [0, 0.05) is 0 Å². The van der Waals surface area contributed by atoms with Gasteiger partial charge in [0.2, 0.25) is 0 Å². The molecule has 0 bridgehead atoms.